The summed E-state index contributed by atoms with van der Waals surface area (Å²) in [5.41, 5.74) is 5.47. The second-order valence-electron chi connectivity index (χ2n) is 6.17. The lowest BCUT2D eigenvalue weighted by atomic mass is 10.1. The zero-order valence-electron chi connectivity index (χ0n) is 15.2. The predicted molar refractivity (Wildman–Crippen MR) is 113 cm³/mol. The monoisotopic (exact) mass is 362 g/mol. The molecule has 0 radical (unpaired) electrons. The van der Waals surface area contributed by atoms with Crippen LogP contribution in [0, 0.1) is 0 Å². The van der Waals surface area contributed by atoms with Crippen LogP contribution in [0.3, 0.4) is 0 Å². The van der Waals surface area contributed by atoms with E-state index in [1.165, 1.54) is 0 Å². The molecule has 0 aliphatic rings. The van der Waals surface area contributed by atoms with Gasteiger partial charge < -0.3 is 0 Å². The van der Waals surface area contributed by atoms with Crippen LogP contribution in [0.2, 0.25) is 0 Å². The van der Waals surface area contributed by atoms with E-state index in [4.69, 9.17) is 0 Å². The van der Waals surface area contributed by atoms with Crippen LogP contribution in [0.5, 0.6) is 0 Å². The SMILES string of the molecule is c1ccc(N=Nc2ccc(-c3cccc(N=Nc4ccccc4)c3)cc2)cc1. The van der Waals surface area contributed by atoms with E-state index >= 15 is 0 Å². The second kappa shape index (κ2) is 8.64. The van der Waals surface area contributed by atoms with E-state index in [2.05, 4.69) is 26.5 Å². The van der Waals surface area contributed by atoms with Crippen LogP contribution >= 0.6 is 0 Å². The van der Waals surface area contributed by atoms with E-state index in [1.54, 1.807) is 0 Å². The third-order valence-corrected chi connectivity index (χ3v) is 4.12. The summed E-state index contributed by atoms with van der Waals surface area (Å²) >= 11 is 0. The maximum absolute atomic E-state index is 4.33. The molecule has 4 aromatic rings. The number of azo groups is 2. The lowest BCUT2D eigenvalue weighted by Gasteiger charge is -2.03. The van der Waals surface area contributed by atoms with Crippen molar-refractivity contribution >= 4 is 22.7 Å². The van der Waals surface area contributed by atoms with E-state index < -0.39 is 0 Å². The molecule has 0 aromatic heterocycles. The molecule has 28 heavy (non-hydrogen) atoms. The van der Waals surface area contributed by atoms with Gasteiger partial charge in [0.2, 0.25) is 0 Å². The van der Waals surface area contributed by atoms with Crippen LogP contribution < -0.4 is 0 Å². The smallest absolute Gasteiger partial charge is 0.0863 e. The summed E-state index contributed by atoms with van der Waals surface area (Å²) in [5, 5.41) is 17.1. The minimum atomic E-state index is 0.813. The maximum Gasteiger partial charge on any atom is 0.0863 e. The van der Waals surface area contributed by atoms with Crippen molar-refractivity contribution in [2.24, 2.45) is 20.5 Å². The van der Waals surface area contributed by atoms with Crippen molar-refractivity contribution in [3.63, 3.8) is 0 Å². The molecule has 4 aromatic carbocycles. The molecule has 4 heteroatoms. The minimum absolute atomic E-state index is 0.813. The Hall–Kier alpha value is -3.92. The lowest BCUT2D eigenvalue weighted by Crippen LogP contribution is -1.76. The van der Waals surface area contributed by atoms with Gasteiger partial charge in [0.25, 0.3) is 0 Å². The Morgan fingerprint density at radius 3 is 1.36 bits per heavy atom. The van der Waals surface area contributed by atoms with Crippen LogP contribution in [0.4, 0.5) is 22.7 Å². The molecular weight excluding hydrogens is 344 g/mol. The fourth-order valence-electron chi connectivity index (χ4n) is 2.69. The zero-order chi connectivity index (χ0) is 19.0. The van der Waals surface area contributed by atoms with Crippen LogP contribution in [0.1, 0.15) is 0 Å². The van der Waals surface area contributed by atoms with Crippen molar-refractivity contribution in [2.45, 2.75) is 0 Å². The van der Waals surface area contributed by atoms with E-state index in [9.17, 15) is 0 Å². The first kappa shape index (κ1) is 17.5. The summed E-state index contributed by atoms with van der Waals surface area (Å²) in [6, 6.07) is 35.4. The number of rotatable bonds is 5. The summed E-state index contributed by atoms with van der Waals surface area (Å²) < 4.78 is 0. The number of hydrogen-bond donors (Lipinski definition) is 0. The second-order valence-corrected chi connectivity index (χ2v) is 6.17. The Morgan fingerprint density at radius 1 is 0.321 bits per heavy atom. The fourth-order valence-corrected chi connectivity index (χ4v) is 2.69. The summed E-state index contributed by atoms with van der Waals surface area (Å²) in [6.45, 7) is 0. The van der Waals surface area contributed by atoms with Gasteiger partial charge in [-0.3, -0.25) is 0 Å². The van der Waals surface area contributed by atoms with Crippen molar-refractivity contribution in [2.75, 3.05) is 0 Å². The van der Waals surface area contributed by atoms with Gasteiger partial charge in [-0.15, -0.1) is 0 Å². The molecule has 0 heterocycles. The Morgan fingerprint density at radius 2 is 0.786 bits per heavy atom. The highest BCUT2D eigenvalue weighted by Gasteiger charge is 2.00. The molecule has 0 atom stereocenters. The first-order valence-corrected chi connectivity index (χ1v) is 9.01. The Labute approximate surface area is 163 Å². The molecular formula is C24H18N4. The largest absolute Gasteiger partial charge is 0.151 e. The number of hydrogen-bond acceptors (Lipinski definition) is 4. The van der Waals surface area contributed by atoms with Crippen molar-refractivity contribution in [1.82, 2.24) is 0 Å². The number of benzene rings is 4. The predicted octanol–water partition coefficient (Wildman–Crippen LogP) is 8.18. The van der Waals surface area contributed by atoms with Gasteiger partial charge in [0.1, 0.15) is 0 Å². The van der Waals surface area contributed by atoms with Crippen LogP contribution in [0.15, 0.2) is 130 Å². The first-order chi connectivity index (χ1) is 13.9. The third-order valence-electron chi connectivity index (χ3n) is 4.12. The molecule has 4 nitrogen and oxygen atoms in total. The lowest BCUT2D eigenvalue weighted by molar-refractivity contribution is 1.23. The minimum Gasteiger partial charge on any atom is -0.151 e. The molecule has 134 valence electrons. The van der Waals surface area contributed by atoms with Crippen molar-refractivity contribution in [3.8, 4) is 11.1 Å². The molecule has 0 N–H and O–H groups in total. The van der Waals surface area contributed by atoms with Gasteiger partial charge in [-0.25, -0.2) is 0 Å². The third kappa shape index (κ3) is 4.62. The maximum atomic E-state index is 4.33. The molecule has 4 rings (SSSR count). The van der Waals surface area contributed by atoms with Crippen molar-refractivity contribution in [1.29, 1.82) is 0 Å². The normalized spacial score (nSPS) is 11.3. The fraction of sp³-hybridized carbons (Fsp3) is 0. The molecule has 0 amide bonds. The van der Waals surface area contributed by atoms with Crippen molar-refractivity contribution < 1.29 is 0 Å². The van der Waals surface area contributed by atoms with Gasteiger partial charge in [-0.2, -0.15) is 20.5 Å². The van der Waals surface area contributed by atoms with Gasteiger partial charge in [0, 0.05) is 0 Å². The summed E-state index contributed by atoms with van der Waals surface area (Å²) in [7, 11) is 0. The quantitative estimate of drug-likeness (QED) is 0.321. The zero-order valence-corrected chi connectivity index (χ0v) is 15.2. The van der Waals surface area contributed by atoms with E-state index in [1.807, 2.05) is 103 Å². The molecule has 0 bridgehead atoms. The Kier molecular flexibility index (Phi) is 5.40. The van der Waals surface area contributed by atoms with Crippen molar-refractivity contribution in [3.05, 3.63) is 109 Å². The summed E-state index contributed by atoms with van der Waals surface area (Å²) in [5.74, 6) is 0. The Balaban J connectivity index is 1.50. The highest BCUT2D eigenvalue weighted by Crippen LogP contribution is 2.27. The van der Waals surface area contributed by atoms with Gasteiger partial charge in [-0.05, 0) is 59.7 Å². The standard InChI is InChI=1S/C24H18N4/c1-3-9-21(10-4-1)25-27-23-16-14-19(15-17-23)20-8-7-13-24(18-20)28-26-22-11-5-2-6-12-22/h1-18H. The van der Waals surface area contributed by atoms with Gasteiger partial charge in [0.15, 0.2) is 0 Å². The van der Waals surface area contributed by atoms with Crippen LogP contribution in [0.25, 0.3) is 11.1 Å². The molecule has 0 saturated carbocycles. The highest BCUT2D eigenvalue weighted by atomic mass is 15.1. The van der Waals surface area contributed by atoms with E-state index in [-0.39, 0.29) is 0 Å². The Bertz CT molecular complexity index is 1090. The first-order valence-electron chi connectivity index (χ1n) is 9.01. The summed E-state index contributed by atoms with van der Waals surface area (Å²) in [4.78, 5) is 0. The van der Waals surface area contributed by atoms with Crippen LogP contribution in [-0.4, -0.2) is 0 Å². The van der Waals surface area contributed by atoms with E-state index in [0.717, 1.165) is 33.9 Å². The van der Waals surface area contributed by atoms with E-state index in [0.29, 0.717) is 0 Å². The summed E-state index contributed by atoms with van der Waals surface area (Å²) in [6.07, 6.45) is 0. The molecule has 0 unspecified atom stereocenters. The average molecular weight is 362 g/mol. The molecule has 0 aliphatic heterocycles. The van der Waals surface area contributed by atoms with Crippen LogP contribution in [-0.2, 0) is 0 Å². The highest BCUT2D eigenvalue weighted by molar-refractivity contribution is 5.68. The average Bonchev–Trinajstić information content (AvgIpc) is 2.78. The molecule has 0 spiro atoms. The van der Waals surface area contributed by atoms with Gasteiger partial charge in [-0.1, -0.05) is 60.7 Å². The van der Waals surface area contributed by atoms with Gasteiger partial charge >= 0.3 is 0 Å². The molecule has 0 fully saturated rings. The molecule has 0 aliphatic carbocycles. The number of nitrogens with zero attached hydrogens (tertiary/aromatic N) is 4. The van der Waals surface area contributed by atoms with Gasteiger partial charge in [0.05, 0.1) is 22.7 Å². The topological polar surface area (TPSA) is 49.4 Å². The molecule has 0 saturated heterocycles.